The Balaban J connectivity index is 2.90. The van der Waals surface area contributed by atoms with Gasteiger partial charge in [0.15, 0.2) is 0 Å². The van der Waals surface area contributed by atoms with Crippen LogP contribution in [0.5, 0.6) is 0 Å². The fourth-order valence-electron chi connectivity index (χ4n) is 1.17. The summed E-state index contributed by atoms with van der Waals surface area (Å²) < 4.78 is 27.0. The number of halogens is 1. The quantitative estimate of drug-likeness (QED) is 0.741. The first-order chi connectivity index (χ1) is 8.18. The number of nitrogens with one attached hydrogen (secondary N) is 1. The van der Waals surface area contributed by atoms with E-state index in [1.165, 1.54) is 19.1 Å². The van der Waals surface area contributed by atoms with Gasteiger partial charge in [-0.3, -0.25) is 0 Å². The van der Waals surface area contributed by atoms with Crippen LogP contribution in [-0.4, -0.2) is 37.4 Å². The van der Waals surface area contributed by atoms with Crippen molar-refractivity contribution in [2.75, 3.05) is 13.2 Å². The third kappa shape index (κ3) is 4.03. The molecule has 0 fully saturated rings. The third-order valence-electron chi connectivity index (χ3n) is 2.42. The summed E-state index contributed by atoms with van der Waals surface area (Å²) >= 11 is 3.29. The molecule has 0 spiro atoms. The summed E-state index contributed by atoms with van der Waals surface area (Å²) in [6, 6.07) is 4.64. The summed E-state index contributed by atoms with van der Waals surface area (Å²) in [5.74, 6) is 0. The molecule has 0 aliphatic heterocycles. The monoisotopic (exact) mass is 337 g/mol. The van der Waals surface area contributed by atoms with Crippen molar-refractivity contribution in [1.29, 1.82) is 0 Å². The van der Waals surface area contributed by atoms with E-state index in [9.17, 15) is 13.5 Å². The van der Waals surface area contributed by atoms with Crippen LogP contribution < -0.4 is 4.72 Å². The lowest BCUT2D eigenvalue weighted by Gasteiger charge is -2.20. The first-order valence-corrected chi connectivity index (χ1v) is 7.55. The standard InChI is InChI=1S/C11H16BrNO4S/c1-8-5-9(3-4-10(8)12)18(16,17)13-6-11(2,15)7-14/h3-5,13-15H,6-7H2,1-2H3. The topological polar surface area (TPSA) is 86.6 Å². The van der Waals surface area contributed by atoms with E-state index in [2.05, 4.69) is 20.7 Å². The van der Waals surface area contributed by atoms with Crippen LogP contribution in [0.2, 0.25) is 0 Å². The second-order valence-electron chi connectivity index (χ2n) is 4.39. The van der Waals surface area contributed by atoms with E-state index in [-0.39, 0.29) is 11.4 Å². The summed E-state index contributed by atoms with van der Waals surface area (Å²) in [6.45, 7) is 2.37. The van der Waals surface area contributed by atoms with E-state index in [4.69, 9.17) is 5.11 Å². The Hall–Kier alpha value is -0.470. The smallest absolute Gasteiger partial charge is 0.240 e. The first kappa shape index (κ1) is 15.6. The maximum absolute atomic E-state index is 11.9. The number of aliphatic hydroxyl groups is 2. The fourth-order valence-corrected chi connectivity index (χ4v) is 2.67. The number of hydrogen-bond donors (Lipinski definition) is 3. The van der Waals surface area contributed by atoms with Crippen LogP contribution in [0.1, 0.15) is 12.5 Å². The maximum atomic E-state index is 11.9. The second kappa shape index (κ2) is 5.66. The van der Waals surface area contributed by atoms with Gasteiger partial charge < -0.3 is 10.2 Å². The van der Waals surface area contributed by atoms with Gasteiger partial charge in [0.2, 0.25) is 10.0 Å². The maximum Gasteiger partial charge on any atom is 0.240 e. The average Bonchev–Trinajstić information content (AvgIpc) is 2.30. The van der Waals surface area contributed by atoms with E-state index < -0.39 is 22.2 Å². The molecule has 1 atom stereocenters. The number of hydrogen-bond acceptors (Lipinski definition) is 4. The number of rotatable bonds is 5. The van der Waals surface area contributed by atoms with Gasteiger partial charge in [-0.25, -0.2) is 13.1 Å². The van der Waals surface area contributed by atoms with Crippen LogP contribution in [0.3, 0.4) is 0 Å². The molecular weight excluding hydrogens is 322 g/mol. The highest BCUT2D eigenvalue weighted by Crippen LogP contribution is 2.20. The second-order valence-corrected chi connectivity index (χ2v) is 7.01. The van der Waals surface area contributed by atoms with E-state index in [1.807, 2.05) is 0 Å². The molecule has 102 valence electrons. The van der Waals surface area contributed by atoms with Crippen molar-refractivity contribution in [2.45, 2.75) is 24.3 Å². The molecule has 1 unspecified atom stereocenters. The van der Waals surface area contributed by atoms with Crippen LogP contribution >= 0.6 is 15.9 Å². The molecule has 1 aromatic rings. The van der Waals surface area contributed by atoms with E-state index in [0.717, 1.165) is 10.0 Å². The molecule has 0 aliphatic rings. The molecule has 0 amide bonds. The van der Waals surface area contributed by atoms with Gasteiger partial charge in [0.05, 0.1) is 17.1 Å². The lowest BCUT2D eigenvalue weighted by Crippen LogP contribution is -2.43. The molecule has 0 radical (unpaired) electrons. The lowest BCUT2D eigenvalue weighted by atomic mass is 10.1. The largest absolute Gasteiger partial charge is 0.393 e. The van der Waals surface area contributed by atoms with E-state index >= 15 is 0 Å². The molecule has 0 saturated heterocycles. The van der Waals surface area contributed by atoms with Crippen molar-refractivity contribution >= 4 is 26.0 Å². The zero-order valence-corrected chi connectivity index (χ0v) is 12.5. The molecule has 18 heavy (non-hydrogen) atoms. The first-order valence-electron chi connectivity index (χ1n) is 5.27. The van der Waals surface area contributed by atoms with Crippen molar-refractivity contribution in [3.05, 3.63) is 28.2 Å². The Morgan fingerprint density at radius 3 is 2.56 bits per heavy atom. The van der Waals surface area contributed by atoms with Gasteiger partial charge in [0.25, 0.3) is 0 Å². The highest BCUT2D eigenvalue weighted by Gasteiger charge is 2.23. The van der Waals surface area contributed by atoms with Gasteiger partial charge in [-0.2, -0.15) is 0 Å². The van der Waals surface area contributed by atoms with Crippen molar-refractivity contribution in [1.82, 2.24) is 4.72 Å². The molecule has 0 aliphatic carbocycles. The number of aryl methyl sites for hydroxylation is 1. The highest BCUT2D eigenvalue weighted by molar-refractivity contribution is 9.10. The Morgan fingerprint density at radius 2 is 2.06 bits per heavy atom. The Bertz CT molecular complexity index is 528. The summed E-state index contributed by atoms with van der Waals surface area (Å²) in [4.78, 5) is 0.122. The summed E-state index contributed by atoms with van der Waals surface area (Å²) in [7, 11) is -3.68. The van der Waals surface area contributed by atoms with E-state index in [0.29, 0.717) is 0 Å². The molecule has 0 heterocycles. The zero-order chi connectivity index (χ0) is 14.0. The molecule has 0 aromatic heterocycles. The minimum Gasteiger partial charge on any atom is -0.393 e. The van der Waals surface area contributed by atoms with Gasteiger partial charge in [0, 0.05) is 11.0 Å². The van der Waals surface area contributed by atoms with Gasteiger partial charge in [-0.15, -0.1) is 0 Å². The van der Waals surface area contributed by atoms with Crippen LogP contribution in [0.4, 0.5) is 0 Å². The Morgan fingerprint density at radius 1 is 1.44 bits per heavy atom. The highest BCUT2D eigenvalue weighted by atomic mass is 79.9. The SMILES string of the molecule is Cc1cc(S(=O)(=O)NCC(C)(O)CO)ccc1Br. The van der Waals surface area contributed by atoms with E-state index in [1.54, 1.807) is 13.0 Å². The third-order valence-corrected chi connectivity index (χ3v) is 4.71. The van der Waals surface area contributed by atoms with Crippen molar-refractivity contribution in [2.24, 2.45) is 0 Å². The number of benzene rings is 1. The Kier molecular flexibility index (Phi) is 4.90. The van der Waals surface area contributed by atoms with Crippen molar-refractivity contribution < 1.29 is 18.6 Å². The lowest BCUT2D eigenvalue weighted by molar-refractivity contribution is 0.00681. The summed E-state index contributed by atoms with van der Waals surface area (Å²) in [5.41, 5.74) is -0.677. The Labute approximate surface area is 115 Å². The zero-order valence-electron chi connectivity index (χ0n) is 10.1. The predicted octanol–water partition coefficient (Wildman–Crippen LogP) is 0.779. The fraction of sp³-hybridized carbons (Fsp3) is 0.455. The van der Waals surface area contributed by atoms with Crippen LogP contribution in [-0.2, 0) is 10.0 Å². The van der Waals surface area contributed by atoms with Gasteiger partial charge in [-0.1, -0.05) is 15.9 Å². The minimum atomic E-state index is -3.68. The van der Waals surface area contributed by atoms with Crippen LogP contribution in [0.15, 0.2) is 27.6 Å². The molecule has 5 nitrogen and oxygen atoms in total. The van der Waals surface area contributed by atoms with Crippen molar-refractivity contribution in [3.63, 3.8) is 0 Å². The minimum absolute atomic E-state index is 0.122. The molecule has 7 heteroatoms. The molecule has 3 N–H and O–H groups in total. The number of aliphatic hydroxyl groups excluding tert-OH is 1. The summed E-state index contributed by atoms with van der Waals surface area (Å²) in [6.07, 6.45) is 0. The summed E-state index contributed by atoms with van der Waals surface area (Å²) in [5, 5.41) is 18.4. The van der Waals surface area contributed by atoms with Gasteiger partial charge >= 0.3 is 0 Å². The molecule has 0 saturated carbocycles. The van der Waals surface area contributed by atoms with Crippen LogP contribution in [0.25, 0.3) is 0 Å². The average molecular weight is 338 g/mol. The van der Waals surface area contributed by atoms with Crippen molar-refractivity contribution in [3.8, 4) is 0 Å². The molecular formula is C11H16BrNO4S. The predicted molar refractivity (Wildman–Crippen MR) is 71.8 cm³/mol. The normalized spacial score (nSPS) is 15.4. The molecule has 0 bridgehead atoms. The number of sulfonamides is 1. The van der Waals surface area contributed by atoms with Gasteiger partial charge in [0.1, 0.15) is 0 Å². The molecule has 1 rings (SSSR count). The molecule has 1 aromatic carbocycles. The van der Waals surface area contributed by atoms with Crippen LogP contribution in [0, 0.1) is 6.92 Å². The van der Waals surface area contributed by atoms with Gasteiger partial charge in [-0.05, 0) is 37.6 Å².